The molecule has 3 rings (SSSR count). The van der Waals surface area contributed by atoms with Crippen LogP contribution in [0.2, 0.25) is 0 Å². The summed E-state index contributed by atoms with van der Waals surface area (Å²) in [6.07, 6.45) is 0. The number of benzene rings is 2. The van der Waals surface area contributed by atoms with E-state index in [1.165, 1.54) is 25.2 Å². The van der Waals surface area contributed by atoms with Crippen LogP contribution < -0.4 is 4.72 Å². The number of fused-ring (bicyclic) bond motifs is 1. The maximum atomic E-state index is 12.2. The summed E-state index contributed by atoms with van der Waals surface area (Å²) in [5.41, 5.74) is 1.11. The van der Waals surface area contributed by atoms with E-state index in [4.69, 9.17) is 4.74 Å². The van der Waals surface area contributed by atoms with Crippen molar-refractivity contribution in [2.45, 2.75) is 4.90 Å². The van der Waals surface area contributed by atoms with Gasteiger partial charge < -0.3 is 14.8 Å². The molecule has 0 aliphatic rings. The number of nitrogens with zero attached hydrogens (tertiary/aromatic N) is 2. The van der Waals surface area contributed by atoms with Crippen molar-refractivity contribution in [1.29, 1.82) is 5.26 Å². The van der Waals surface area contributed by atoms with Gasteiger partial charge in [0.1, 0.15) is 18.2 Å². The van der Waals surface area contributed by atoms with E-state index in [9.17, 15) is 23.6 Å². The summed E-state index contributed by atoms with van der Waals surface area (Å²) in [6, 6.07) is 14.2. The van der Waals surface area contributed by atoms with Crippen LogP contribution >= 0.6 is 0 Å². The number of allylic oxidation sites excluding steroid dienone is 1. The lowest BCUT2D eigenvalue weighted by atomic mass is 10.2. The van der Waals surface area contributed by atoms with Gasteiger partial charge in [-0.05, 0) is 37.4 Å². The highest BCUT2D eigenvalue weighted by molar-refractivity contribution is 7.89. The molecule has 0 aliphatic heterocycles. The third-order valence-corrected chi connectivity index (χ3v) is 5.43. The van der Waals surface area contributed by atoms with E-state index in [0.717, 1.165) is 6.07 Å². The molecule has 1 aromatic heterocycles. The van der Waals surface area contributed by atoms with E-state index in [2.05, 4.69) is 14.7 Å². The number of H-pyrrole nitrogens is 1. The number of nitriles is 1. The fraction of sp³-hybridized carbons (Fsp3) is 0.105. The minimum absolute atomic E-state index is 0.0173. The summed E-state index contributed by atoms with van der Waals surface area (Å²) >= 11 is 0. The van der Waals surface area contributed by atoms with Gasteiger partial charge in [0.05, 0.1) is 21.5 Å². The number of ether oxygens (including phenoxy) is 1. The summed E-state index contributed by atoms with van der Waals surface area (Å²) < 4.78 is 30.9. The highest BCUT2D eigenvalue weighted by Crippen LogP contribution is 2.19. The molecule has 148 valence electrons. The average Bonchev–Trinajstić information content (AvgIpc) is 3.16. The Bertz CT molecular complexity index is 1220. The molecule has 0 saturated heterocycles. The molecule has 9 nitrogen and oxygen atoms in total. The maximum Gasteiger partial charge on any atom is 0.338 e. The minimum Gasteiger partial charge on any atom is -0.507 e. The van der Waals surface area contributed by atoms with Gasteiger partial charge in [-0.15, -0.1) is 0 Å². The Kier molecular flexibility index (Phi) is 5.63. The van der Waals surface area contributed by atoms with E-state index in [1.807, 2.05) is 6.07 Å². The number of carbonyl (C=O) groups is 1. The van der Waals surface area contributed by atoms with Gasteiger partial charge >= 0.3 is 5.97 Å². The molecule has 0 fully saturated rings. The van der Waals surface area contributed by atoms with E-state index >= 15 is 0 Å². The Hall–Kier alpha value is -3.68. The fourth-order valence-corrected chi connectivity index (χ4v) is 3.30. The summed E-state index contributed by atoms with van der Waals surface area (Å²) in [5.74, 6) is -1.20. The van der Waals surface area contributed by atoms with Crippen molar-refractivity contribution in [3.63, 3.8) is 0 Å². The second-order valence-electron chi connectivity index (χ2n) is 5.85. The van der Waals surface area contributed by atoms with E-state index in [1.54, 1.807) is 24.3 Å². The number of aliphatic hydroxyl groups is 1. The Balaban J connectivity index is 1.80. The molecule has 10 heteroatoms. The molecule has 0 radical (unpaired) electrons. The number of aromatic amines is 1. The third-order valence-electron chi connectivity index (χ3n) is 4.02. The Labute approximate surface area is 166 Å². The molecule has 0 spiro atoms. The monoisotopic (exact) mass is 412 g/mol. The van der Waals surface area contributed by atoms with E-state index < -0.39 is 28.4 Å². The topological polar surface area (TPSA) is 145 Å². The van der Waals surface area contributed by atoms with Gasteiger partial charge in [0.15, 0.2) is 11.6 Å². The zero-order chi connectivity index (χ0) is 21.0. The smallest absolute Gasteiger partial charge is 0.338 e. The summed E-state index contributed by atoms with van der Waals surface area (Å²) in [7, 11) is -2.47. The second kappa shape index (κ2) is 8.14. The highest BCUT2D eigenvalue weighted by Gasteiger charge is 2.17. The molecular formula is C19H16N4O5S. The SMILES string of the molecule is CNS(=O)(=O)c1cccc(C(=O)OCC(O)=C(C#N)c2nc3ccccc3[nH]2)c1. The molecule has 0 unspecified atom stereocenters. The number of para-hydroxylation sites is 2. The van der Waals surface area contributed by atoms with Crippen molar-refractivity contribution in [3.8, 4) is 6.07 Å². The molecule has 1 heterocycles. The van der Waals surface area contributed by atoms with Crippen LogP contribution in [-0.4, -0.2) is 43.1 Å². The van der Waals surface area contributed by atoms with Gasteiger partial charge in [-0.3, -0.25) is 0 Å². The van der Waals surface area contributed by atoms with Crippen molar-refractivity contribution in [2.75, 3.05) is 13.7 Å². The molecule has 3 N–H and O–H groups in total. The third kappa shape index (κ3) is 4.26. The zero-order valence-corrected chi connectivity index (χ0v) is 16.0. The predicted molar refractivity (Wildman–Crippen MR) is 104 cm³/mol. The van der Waals surface area contributed by atoms with Gasteiger partial charge in [0.25, 0.3) is 0 Å². The lowest BCUT2D eigenvalue weighted by Gasteiger charge is -2.07. The average molecular weight is 412 g/mol. The second-order valence-corrected chi connectivity index (χ2v) is 7.73. The van der Waals surface area contributed by atoms with Gasteiger partial charge in [-0.25, -0.2) is 22.9 Å². The first kappa shape index (κ1) is 20.1. The number of aromatic nitrogens is 2. The predicted octanol–water partition coefficient (Wildman–Crippen LogP) is 2.12. The van der Waals surface area contributed by atoms with E-state index in [0.29, 0.717) is 11.0 Å². The van der Waals surface area contributed by atoms with Crippen molar-refractivity contribution >= 4 is 32.6 Å². The van der Waals surface area contributed by atoms with Gasteiger partial charge in [-0.2, -0.15) is 5.26 Å². The number of nitrogens with one attached hydrogen (secondary N) is 2. The Morgan fingerprint density at radius 3 is 2.72 bits per heavy atom. The fourth-order valence-electron chi connectivity index (χ4n) is 2.52. The number of rotatable bonds is 6. The van der Waals surface area contributed by atoms with Gasteiger partial charge in [0.2, 0.25) is 10.0 Å². The largest absolute Gasteiger partial charge is 0.507 e. The molecule has 0 amide bonds. The molecule has 2 aromatic carbocycles. The number of hydrogen-bond donors (Lipinski definition) is 3. The van der Waals surface area contributed by atoms with Crippen LogP contribution in [0, 0.1) is 11.3 Å². The number of carbonyl (C=O) groups excluding carboxylic acids is 1. The molecular weight excluding hydrogens is 396 g/mol. The lowest BCUT2D eigenvalue weighted by molar-refractivity contribution is 0.0502. The first-order valence-electron chi connectivity index (χ1n) is 8.34. The van der Waals surface area contributed by atoms with Crippen molar-refractivity contribution in [1.82, 2.24) is 14.7 Å². The maximum absolute atomic E-state index is 12.2. The molecule has 0 saturated carbocycles. The molecule has 29 heavy (non-hydrogen) atoms. The summed E-state index contributed by atoms with van der Waals surface area (Å²) in [6.45, 7) is -0.582. The molecule has 3 aromatic rings. The first-order chi connectivity index (χ1) is 13.9. The number of imidazole rings is 1. The standard InChI is InChI=1S/C19H16N4O5S/c1-21-29(26,27)13-6-4-5-12(9-13)19(25)28-11-17(24)14(10-20)18-22-15-7-2-3-8-16(15)23-18/h2-9,21,24H,11H2,1H3,(H,22,23). The van der Waals surface area contributed by atoms with Crippen molar-refractivity contribution in [3.05, 3.63) is 65.7 Å². The van der Waals surface area contributed by atoms with Crippen LogP contribution in [0.5, 0.6) is 0 Å². The first-order valence-corrected chi connectivity index (χ1v) is 9.82. The van der Waals surface area contributed by atoms with Crippen LogP contribution in [0.25, 0.3) is 16.6 Å². The number of hydrogen-bond acceptors (Lipinski definition) is 7. The van der Waals surface area contributed by atoms with Gasteiger partial charge in [-0.1, -0.05) is 18.2 Å². The van der Waals surface area contributed by atoms with Crippen LogP contribution in [0.4, 0.5) is 0 Å². The molecule has 0 aliphatic carbocycles. The Morgan fingerprint density at radius 2 is 2.03 bits per heavy atom. The quantitative estimate of drug-likeness (QED) is 0.319. The number of aliphatic hydroxyl groups excluding tert-OH is 1. The molecule has 0 bridgehead atoms. The van der Waals surface area contributed by atoms with Crippen LogP contribution in [0.3, 0.4) is 0 Å². The van der Waals surface area contributed by atoms with Crippen LogP contribution in [0.1, 0.15) is 16.2 Å². The number of sulfonamides is 1. The Morgan fingerprint density at radius 1 is 1.28 bits per heavy atom. The van der Waals surface area contributed by atoms with Crippen molar-refractivity contribution in [2.24, 2.45) is 0 Å². The molecule has 0 atom stereocenters. The summed E-state index contributed by atoms with van der Waals surface area (Å²) in [5, 5.41) is 19.6. The summed E-state index contributed by atoms with van der Waals surface area (Å²) in [4.78, 5) is 19.3. The lowest BCUT2D eigenvalue weighted by Crippen LogP contribution is -2.19. The van der Waals surface area contributed by atoms with E-state index in [-0.39, 0.29) is 21.9 Å². The zero-order valence-electron chi connectivity index (χ0n) is 15.2. The highest BCUT2D eigenvalue weighted by atomic mass is 32.2. The number of esters is 1. The normalized spacial score (nSPS) is 12.3. The van der Waals surface area contributed by atoms with Crippen LogP contribution in [-0.2, 0) is 14.8 Å². The van der Waals surface area contributed by atoms with Crippen molar-refractivity contribution < 1.29 is 23.1 Å². The minimum atomic E-state index is -3.72. The van der Waals surface area contributed by atoms with Gasteiger partial charge in [0, 0.05) is 0 Å². The van der Waals surface area contributed by atoms with Crippen LogP contribution in [0.15, 0.2) is 59.2 Å².